The Balaban J connectivity index is 1.79. The lowest BCUT2D eigenvalue weighted by atomic mass is 10.0. The van der Waals surface area contributed by atoms with Crippen molar-refractivity contribution in [2.24, 2.45) is 5.73 Å². The van der Waals surface area contributed by atoms with Crippen LogP contribution in [0, 0.1) is 0 Å². The van der Waals surface area contributed by atoms with Crippen molar-refractivity contribution in [3.05, 3.63) is 66.5 Å². The highest BCUT2D eigenvalue weighted by Gasteiger charge is 2.11. The molecule has 0 atom stereocenters. The molecular formula is C22H19N3O3. The van der Waals surface area contributed by atoms with Gasteiger partial charge in [-0.1, -0.05) is 18.2 Å². The molecule has 0 saturated heterocycles. The summed E-state index contributed by atoms with van der Waals surface area (Å²) in [5.74, 6) is 0.900. The maximum atomic E-state index is 11.3. The third-order valence-corrected chi connectivity index (χ3v) is 4.73. The van der Waals surface area contributed by atoms with Crippen molar-refractivity contribution in [3.8, 4) is 33.8 Å². The molecule has 6 heteroatoms. The minimum atomic E-state index is -0.442. The average molecular weight is 373 g/mol. The molecule has 140 valence electrons. The van der Waals surface area contributed by atoms with Crippen LogP contribution >= 0.6 is 0 Å². The molecule has 3 N–H and O–H groups in total. The zero-order valence-electron chi connectivity index (χ0n) is 15.5. The van der Waals surface area contributed by atoms with Gasteiger partial charge in [-0.15, -0.1) is 0 Å². The van der Waals surface area contributed by atoms with E-state index >= 15 is 0 Å². The lowest BCUT2D eigenvalue weighted by Gasteiger charge is -2.10. The highest BCUT2D eigenvalue weighted by molar-refractivity contribution is 5.97. The van der Waals surface area contributed by atoms with Crippen molar-refractivity contribution >= 4 is 16.9 Å². The van der Waals surface area contributed by atoms with Gasteiger partial charge in [0.25, 0.3) is 0 Å². The number of fused-ring (bicyclic) bond motifs is 1. The second-order valence-corrected chi connectivity index (χ2v) is 6.33. The highest BCUT2D eigenvalue weighted by atomic mass is 16.5. The number of aromatic nitrogens is 2. The zero-order valence-corrected chi connectivity index (χ0v) is 15.5. The number of H-pyrrole nitrogens is 1. The number of hydrogen-bond donors (Lipinski definition) is 2. The van der Waals surface area contributed by atoms with Crippen LogP contribution in [-0.4, -0.2) is 30.1 Å². The molecule has 0 radical (unpaired) electrons. The molecule has 0 bridgehead atoms. The smallest absolute Gasteiger partial charge is 0.248 e. The van der Waals surface area contributed by atoms with Crippen LogP contribution in [0.5, 0.6) is 11.5 Å². The number of rotatable bonds is 5. The maximum Gasteiger partial charge on any atom is 0.248 e. The second kappa shape index (κ2) is 7.08. The van der Waals surface area contributed by atoms with Crippen molar-refractivity contribution in [1.29, 1.82) is 0 Å². The Labute approximate surface area is 161 Å². The number of carbonyl (C=O) groups is 1. The Morgan fingerprint density at radius 2 is 1.64 bits per heavy atom. The van der Waals surface area contributed by atoms with Crippen molar-refractivity contribution in [2.45, 2.75) is 0 Å². The fourth-order valence-electron chi connectivity index (χ4n) is 3.23. The van der Waals surface area contributed by atoms with E-state index in [0.29, 0.717) is 17.1 Å². The number of nitrogens with zero attached hydrogens (tertiary/aromatic N) is 1. The van der Waals surface area contributed by atoms with E-state index in [4.69, 9.17) is 15.2 Å². The first-order valence-corrected chi connectivity index (χ1v) is 8.70. The van der Waals surface area contributed by atoms with Crippen LogP contribution in [0.3, 0.4) is 0 Å². The van der Waals surface area contributed by atoms with Gasteiger partial charge >= 0.3 is 0 Å². The first-order chi connectivity index (χ1) is 13.6. The molecule has 0 aliphatic heterocycles. The van der Waals surface area contributed by atoms with Gasteiger partial charge in [0.05, 0.1) is 14.2 Å². The molecule has 0 saturated carbocycles. The van der Waals surface area contributed by atoms with E-state index in [2.05, 4.69) is 16.0 Å². The normalized spacial score (nSPS) is 10.8. The van der Waals surface area contributed by atoms with Crippen molar-refractivity contribution in [3.63, 3.8) is 0 Å². The Bertz CT molecular complexity index is 1160. The molecule has 4 rings (SSSR count). The largest absolute Gasteiger partial charge is 0.493 e. The van der Waals surface area contributed by atoms with E-state index in [-0.39, 0.29) is 0 Å². The van der Waals surface area contributed by atoms with Gasteiger partial charge in [-0.25, -0.2) is 4.98 Å². The van der Waals surface area contributed by atoms with Gasteiger partial charge in [0.1, 0.15) is 5.65 Å². The molecule has 0 spiro atoms. The number of nitrogens with two attached hydrogens (primary N) is 1. The number of benzene rings is 2. The molecule has 6 nitrogen and oxygen atoms in total. The monoisotopic (exact) mass is 373 g/mol. The quantitative estimate of drug-likeness (QED) is 0.553. The lowest BCUT2D eigenvalue weighted by Crippen LogP contribution is -2.10. The van der Waals surface area contributed by atoms with Gasteiger partial charge in [-0.3, -0.25) is 4.79 Å². The maximum absolute atomic E-state index is 11.3. The third kappa shape index (κ3) is 3.05. The molecule has 0 unspecified atom stereocenters. The molecule has 1 amide bonds. The Morgan fingerprint density at radius 1 is 0.929 bits per heavy atom. The minimum absolute atomic E-state index is 0.442. The number of nitrogens with one attached hydrogen (secondary N) is 1. The molecule has 2 aromatic carbocycles. The topological polar surface area (TPSA) is 90.2 Å². The summed E-state index contributed by atoms with van der Waals surface area (Å²) in [6, 6.07) is 15.1. The van der Waals surface area contributed by atoms with Crippen LogP contribution in [0.1, 0.15) is 10.4 Å². The Morgan fingerprint density at radius 3 is 2.32 bits per heavy atom. The number of methoxy groups -OCH3 is 2. The molecule has 0 fully saturated rings. The van der Waals surface area contributed by atoms with Gasteiger partial charge in [-0.05, 0) is 41.5 Å². The van der Waals surface area contributed by atoms with Gasteiger partial charge < -0.3 is 20.2 Å². The lowest BCUT2D eigenvalue weighted by molar-refractivity contribution is 0.100. The molecule has 2 aromatic heterocycles. The van der Waals surface area contributed by atoms with E-state index in [1.54, 1.807) is 26.4 Å². The number of carbonyl (C=O) groups excluding carboxylic acids is 1. The number of aromatic amines is 1. The van der Waals surface area contributed by atoms with Gasteiger partial charge in [0, 0.05) is 34.5 Å². The summed E-state index contributed by atoms with van der Waals surface area (Å²) in [6.07, 6.45) is 3.73. The van der Waals surface area contributed by atoms with Crippen LogP contribution < -0.4 is 15.2 Å². The summed E-state index contributed by atoms with van der Waals surface area (Å²) < 4.78 is 10.7. The summed E-state index contributed by atoms with van der Waals surface area (Å²) in [5, 5.41) is 0.985. The third-order valence-electron chi connectivity index (χ3n) is 4.73. The van der Waals surface area contributed by atoms with E-state index in [1.807, 2.05) is 42.7 Å². The van der Waals surface area contributed by atoms with Crippen LogP contribution in [0.4, 0.5) is 0 Å². The van der Waals surface area contributed by atoms with Gasteiger partial charge in [0.15, 0.2) is 11.5 Å². The highest BCUT2D eigenvalue weighted by Crippen LogP contribution is 2.35. The predicted molar refractivity (Wildman–Crippen MR) is 109 cm³/mol. The summed E-state index contributed by atoms with van der Waals surface area (Å²) in [4.78, 5) is 19.0. The average Bonchev–Trinajstić information content (AvgIpc) is 3.16. The Hall–Kier alpha value is -3.80. The van der Waals surface area contributed by atoms with E-state index in [0.717, 1.165) is 33.3 Å². The second-order valence-electron chi connectivity index (χ2n) is 6.33. The summed E-state index contributed by atoms with van der Waals surface area (Å²) in [6.45, 7) is 0. The number of hydrogen-bond acceptors (Lipinski definition) is 4. The van der Waals surface area contributed by atoms with Crippen molar-refractivity contribution in [1.82, 2.24) is 9.97 Å². The van der Waals surface area contributed by atoms with Gasteiger partial charge in [0.2, 0.25) is 5.91 Å². The number of primary amides is 1. The zero-order chi connectivity index (χ0) is 19.7. The van der Waals surface area contributed by atoms with Crippen LogP contribution in [-0.2, 0) is 0 Å². The molecule has 0 aliphatic carbocycles. The molecule has 0 aliphatic rings. The minimum Gasteiger partial charge on any atom is -0.493 e. The van der Waals surface area contributed by atoms with Crippen LogP contribution in [0.25, 0.3) is 33.3 Å². The van der Waals surface area contributed by atoms with Crippen LogP contribution in [0.2, 0.25) is 0 Å². The number of pyridine rings is 1. The predicted octanol–water partition coefficient (Wildman–Crippen LogP) is 4.01. The van der Waals surface area contributed by atoms with Gasteiger partial charge in [-0.2, -0.15) is 0 Å². The molecule has 28 heavy (non-hydrogen) atoms. The molecule has 2 heterocycles. The first kappa shape index (κ1) is 17.6. The standard InChI is InChI=1S/C22H19N3O3/c1-27-19-8-7-15(10-20(19)28-2)16-9-17-18(12-25-22(17)24-11-16)13-3-5-14(6-4-13)21(23)26/h3-12H,1-2H3,(H2,23,26)(H,24,25). The SMILES string of the molecule is COc1ccc(-c2cnc3[nH]cc(-c4ccc(C(N)=O)cc4)c3c2)cc1OC. The van der Waals surface area contributed by atoms with E-state index < -0.39 is 5.91 Å². The summed E-state index contributed by atoms with van der Waals surface area (Å²) in [7, 11) is 3.23. The first-order valence-electron chi connectivity index (χ1n) is 8.70. The summed E-state index contributed by atoms with van der Waals surface area (Å²) >= 11 is 0. The molecular weight excluding hydrogens is 354 g/mol. The fourth-order valence-corrected chi connectivity index (χ4v) is 3.23. The number of amides is 1. The van der Waals surface area contributed by atoms with Crippen LogP contribution in [0.15, 0.2) is 60.9 Å². The van der Waals surface area contributed by atoms with E-state index in [9.17, 15) is 4.79 Å². The Kier molecular flexibility index (Phi) is 4.45. The molecule has 4 aromatic rings. The number of ether oxygens (including phenoxy) is 2. The summed E-state index contributed by atoms with van der Waals surface area (Å²) in [5.41, 5.74) is 10.5. The van der Waals surface area contributed by atoms with E-state index in [1.165, 1.54) is 0 Å². The fraction of sp³-hybridized carbons (Fsp3) is 0.0909. The van der Waals surface area contributed by atoms with Crippen molar-refractivity contribution in [2.75, 3.05) is 14.2 Å². The van der Waals surface area contributed by atoms with Crippen molar-refractivity contribution < 1.29 is 14.3 Å².